The summed E-state index contributed by atoms with van der Waals surface area (Å²) >= 11 is 3.59. The highest BCUT2D eigenvalue weighted by Gasteiger charge is 2.27. The van der Waals surface area contributed by atoms with Gasteiger partial charge in [0.15, 0.2) is 0 Å². The Hall–Kier alpha value is -1.61. The first kappa shape index (κ1) is 16.6. The fourth-order valence-electron chi connectivity index (χ4n) is 3.88. The SMILES string of the molecule is c1csc(-c2ncc(CN3CCC(c4nnc5n4CCNC5)CC3)s2)c1. The summed E-state index contributed by atoms with van der Waals surface area (Å²) in [5.41, 5.74) is 0. The first-order valence-corrected chi connectivity index (χ1v) is 10.9. The molecule has 2 aliphatic heterocycles. The lowest BCUT2D eigenvalue weighted by molar-refractivity contribution is 0.201. The van der Waals surface area contributed by atoms with Gasteiger partial charge in [0.05, 0.1) is 11.4 Å². The molecule has 5 rings (SSSR count). The molecule has 0 radical (unpaired) electrons. The molecule has 0 saturated carbocycles. The number of thiazole rings is 1. The van der Waals surface area contributed by atoms with E-state index in [1.54, 1.807) is 11.3 Å². The molecule has 0 spiro atoms. The van der Waals surface area contributed by atoms with Gasteiger partial charge in [0.25, 0.3) is 0 Å². The average molecular weight is 387 g/mol. The van der Waals surface area contributed by atoms with Crippen LogP contribution in [-0.2, 0) is 19.6 Å². The second kappa shape index (κ2) is 7.19. The van der Waals surface area contributed by atoms with Crippen molar-refractivity contribution in [3.63, 3.8) is 0 Å². The van der Waals surface area contributed by atoms with Crippen molar-refractivity contribution in [1.82, 2.24) is 30.0 Å². The van der Waals surface area contributed by atoms with E-state index in [9.17, 15) is 0 Å². The van der Waals surface area contributed by atoms with Crippen LogP contribution in [0.1, 0.15) is 35.3 Å². The minimum Gasteiger partial charge on any atom is -0.312 e. The maximum atomic E-state index is 4.60. The Bertz CT molecular complexity index is 860. The van der Waals surface area contributed by atoms with Crippen LogP contribution in [0.3, 0.4) is 0 Å². The number of hydrogen-bond donors (Lipinski definition) is 1. The summed E-state index contributed by atoms with van der Waals surface area (Å²) in [4.78, 5) is 9.78. The summed E-state index contributed by atoms with van der Waals surface area (Å²) in [6, 6.07) is 4.23. The Morgan fingerprint density at radius 2 is 2.12 bits per heavy atom. The van der Waals surface area contributed by atoms with Gasteiger partial charge in [-0.25, -0.2) is 4.98 Å². The van der Waals surface area contributed by atoms with Crippen molar-refractivity contribution in [3.05, 3.63) is 40.2 Å². The Kier molecular flexibility index (Phi) is 4.58. The van der Waals surface area contributed by atoms with Crippen molar-refractivity contribution in [3.8, 4) is 9.88 Å². The van der Waals surface area contributed by atoms with Crippen LogP contribution >= 0.6 is 22.7 Å². The van der Waals surface area contributed by atoms with Crippen molar-refractivity contribution < 1.29 is 0 Å². The Balaban J connectivity index is 1.20. The number of aromatic nitrogens is 4. The summed E-state index contributed by atoms with van der Waals surface area (Å²) in [6.45, 7) is 6.13. The molecular formula is C18H22N6S2. The van der Waals surface area contributed by atoms with Crippen LogP contribution in [0.25, 0.3) is 9.88 Å². The Morgan fingerprint density at radius 3 is 2.96 bits per heavy atom. The predicted molar refractivity (Wildman–Crippen MR) is 104 cm³/mol. The van der Waals surface area contributed by atoms with Crippen LogP contribution in [-0.4, -0.2) is 44.3 Å². The topological polar surface area (TPSA) is 58.9 Å². The van der Waals surface area contributed by atoms with Crippen LogP contribution in [0, 0.1) is 0 Å². The van der Waals surface area contributed by atoms with Crippen molar-refractivity contribution in [2.45, 2.75) is 38.4 Å². The molecule has 26 heavy (non-hydrogen) atoms. The second-order valence-electron chi connectivity index (χ2n) is 6.96. The van der Waals surface area contributed by atoms with Crippen molar-refractivity contribution in [1.29, 1.82) is 0 Å². The van der Waals surface area contributed by atoms with Crippen LogP contribution in [0.5, 0.6) is 0 Å². The Morgan fingerprint density at radius 1 is 1.19 bits per heavy atom. The van der Waals surface area contributed by atoms with Crippen LogP contribution in [0.2, 0.25) is 0 Å². The third-order valence-electron chi connectivity index (χ3n) is 5.27. The van der Waals surface area contributed by atoms with Gasteiger partial charge in [0.1, 0.15) is 16.7 Å². The molecule has 1 saturated heterocycles. The number of fused-ring (bicyclic) bond motifs is 1. The quantitative estimate of drug-likeness (QED) is 0.747. The molecule has 0 aliphatic carbocycles. The number of rotatable bonds is 4. The third-order valence-corrected chi connectivity index (χ3v) is 7.29. The Labute approximate surface area is 160 Å². The largest absolute Gasteiger partial charge is 0.312 e. The summed E-state index contributed by atoms with van der Waals surface area (Å²) in [5.74, 6) is 2.85. The molecule has 6 nitrogen and oxygen atoms in total. The molecule has 136 valence electrons. The van der Waals surface area contributed by atoms with E-state index in [1.807, 2.05) is 17.5 Å². The highest BCUT2D eigenvalue weighted by molar-refractivity contribution is 7.20. The highest BCUT2D eigenvalue weighted by Crippen LogP contribution is 2.32. The molecule has 0 unspecified atom stereocenters. The van der Waals surface area contributed by atoms with E-state index in [1.165, 1.54) is 28.4 Å². The zero-order valence-corrected chi connectivity index (χ0v) is 16.2. The number of thiophene rings is 1. The van der Waals surface area contributed by atoms with Gasteiger partial charge in [-0.3, -0.25) is 4.90 Å². The smallest absolute Gasteiger partial charge is 0.147 e. The molecule has 8 heteroatoms. The molecule has 0 bridgehead atoms. The molecule has 1 N–H and O–H groups in total. The van der Waals surface area contributed by atoms with Crippen LogP contribution < -0.4 is 5.32 Å². The normalized spacial score (nSPS) is 18.9. The van der Waals surface area contributed by atoms with Gasteiger partial charge < -0.3 is 9.88 Å². The standard InChI is InChI=1S/C18H22N6S2/c1-2-15(25-9-1)18-20-10-14(26-18)12-23-6-3-13(4-7-23)17-22-21-16-11-19-5-8-24(16)17/h1-2,9-10,13,19H,3-8,11-12H2. The molecule has 0 amide bonds. The van der Waals surface area contributed by atoms with Gasteiger partial charge in [0.2, 0.25) is 0 Å². The average Bonchev–Trinajstić information content (AvgIpc) is 3.43. The maximum Gasteiger partial charge on any atom is 0.147 e. The fraction of sp³-hybridized carbons (Fsp3) is 0.500. The van der Waals surface area contributed by atoms with E-state index >= 15 is 0 Å². The van der Waals surface area contributed by atoms with Gasteiger partial charge in [-0.1, -0.05) is 6.07 Å². The second-order valence-corrected chi connectivity index (χ2v) is 9.03. The number of nitrogens with zero attached hydrogens (tertiary/aromatic N) is 5. The molecule has 2 aliphatic rings. The van der Waals surface area contributed by atoms with Gasteiger partial charge in [-0.2, -0.15) is 0 Å². The monoisotopic (exact) mass is 386 g/mol. The van der Waals surface area contributed by atoms with Crippen molar-refractivity contribution in [2.75, 3.05) is 19.6 Å². The van der Waals surface area contributed by atoms with Crippen LogP contribution in [0.4, 0.5) is 0 Å². The van der Waals surface area contributed by atoms with Gasteiger partial charge in [-0.15, -0.1) is 32.9 Å². The molecular weight excluding hydrogens is 364 g/mol. The first-order valence-electron chi connectivity index (χ1n) is 9.20. The van der Waals surface area contributed by atoms with Gasteiger partial charge in [0, 0.05) is 36.6 Å². The van der Waals surface area contributed by atoms with E-state index in [0.717, 1.165) is 50.1 Å². The van der Waals surface area contributed by atoms with Crippen molar-refractivity contribution in [2.24, 2.45) is 0 Å². The summed E-state index contributed by atoms with van der Waals surface area (Å²) < 4.78 is 2.34. The first-order chi connectivity index (χ1) is 12.9. The molecule has 0 atom stereocenters. The van der Waals surface area contributed by atoms with E-state index in [2.05, 4.69) is 47.5 Å². The number of nitrogens with one attached hydrogen (secondary N) is 1. The fourth-order valence-corrected chi connectivity index (χ4v) is 5.64. The molecule has 5 heterocycles. The van der Waals surface area contributed by atoms with Crippen LogP contribution in [0.15, 0.2) is 23.7 Å². The van der Waals surface area contributed by atoms with E-state index < -0.39 is 0 Å². The lowest BCUT2D eigenvalue weighted by Gasteiger charge is -2.31. The number of hydrogen-bond acceptors (Lipinski definition) is 7. The maximum absolute atomic E-state index is 4.60. The van der Waals surface area contributed by atoms with Gasteiger partial charge in [-0.05, 0) is 37.4 Å². The molecule has 0 aromatic carbocycles. The third kappa shape index (κ3) is 3.22. The molecule has 3 aromatic rings. The highest BCUT2D eigenvalue weighted by atomic mass is 32.1. The van der Waals surface area contributed by atoms with Crippen molar-refractivity contribution >= 4 is 22.7 Å². The predicted octanol–water partition coefficient (Wildman–Crippen LogP) is 2.95. The number of piperidine rings is 1. The summed E-state index contributed by atoms with van der Waals surface area (Å²) in [7, 11) is 0. The van der Waals surface area contributed by atoms with E-state index in [0.29, 0.717) is 5.92 Å². The zero-order chi connectivity index (χ0) is 17.3. The lowest BCUT2D eigenvalue weighted by Crippen LogP contribution is -2.34. The minimum absolute atomic E-state index is 0.550. The van der Waals surface area contributed by atoms with E-state index in [4.69, 9.17) is 0 Å². The summed E-state index contributed by atoms with van der Waals surface area (Å²) in [6.07, 6.45) is 4.39. The number of likely N-dealkylation sites (tertiary alicyclic amines) is 1. The lowest BCUT2D eigenvalue weighted by atomic mass is 9.95. The molecule has 3 aromatic heterocycles. The van der Waals surface area contributed by atoms with Gasteiger partial charge >= 0.3 is 0 Å². The zero-order valence-electron chi connectivity index (χ0n) is 14.6. The summed E-state index contributed by atoms with van der Waals surface area (Å²) in [5, 5.41) is 15.5. The van der Waals surface area contributed by atoms with E-state index in [-0.39, 0.29) is 0 Å². The molecule has 1 fully saturated rings. The minimum atomic E-state index is 0.550.